The zero-order chi connectivity index (χ0) is 14.2. The number of hydrogen-bond acceptors (Lipinski definition) is 4. The molecule has 0 fully saturated rings. The maximum Gasteiger partial charge on any atom is 0.270 e. The second kappa shape index (κ2) is 4.38. The molecule has 2 aromatic rings. The first kappa shape index (κ1) is 13.1. The van der Waals surface area contributed by atoms with Gasteiger partial charge in [-0.3, -0.25) is 10.1 Å². The number of benzene rings is 1. The average molecular weight is 260 g/mol. The van der Waals surface area contributed by atoms with Crippen LogP contribution in [0.2, 0.25) is 0 Å². The Labute approximate surface area is 111 Å². The summed E-state index contributed by atoms with van der Waals surface area (Å²) in [6, 6.07) is 8.09. The highest BCUT2D eigenvalue weighted by Gasteiger charge is 2.19. The van der Waals surface area contributed by atoms with Gasteiger partial charge in [0.15, 0.2) is 0 Å². The lowest BCUT2D eigenvalue weighted by Crippen LogP contribution is -2.24. The van der Waals surface area contributed by atoms with Crippen molar-refractivity contribution in [2.45, 2.75) is 26.3 Å². The van der Waals surface area contributed by atoms with Crippen LogP contribution in [0.25, 0.3) is 11.3 Å². The predicted octanol–water partition coefficient (Wildman–Crippen LogP) is 2.80. The van der Waals surface area contributed by atoms with Crippen LogP contribution in [-0.4, -0.2) is 14.7 Å². The Morgan fingerprint density at radius 3 is 2.53 bits per heavy atom. The molecule has 0 aliphatic carbocycles. The van der Waals surface area contributed by atoms with E-state index in [1.165, 1.54) is 12.1 Å². The van der Waals surface area contributed by atoms with Gasteiger partial charge in [-0.05, 0) is 20.8 Å². The summed E-state index contributed by atoms with van der Waals surface area (Å²) in [6.45, 7) is 5.98. The van der Waals surface area contributed by atoms with Gasteiger partial charge in [-0.25, -0.2) is 4.68 Å². The van der Waals surface area contributed by atoms with Crippen molar-refractivity contribution in [1.29, 1.82) is 0 Å². The van der Waals surface area contributed by atoms with Crippen LogP contribution in [0.3, 0.4) is 0 Å². The lowest BCUT2D eigenvalue weighted by molar-refractivity contribution is -0.384. The summed E-state index contributed by atoms with van der Waals surface area (Å²) in [5.41, 5.74) is 7.06. The molecule has 6 nitrogen and oxygen atoms in total. The molecule has 0 saturated heterocycles. The fourth-order valence-corrected chi connectivity index (χ4v) is 1.85. The second-order valence-electron chi connectivity index (χ2n) is 5.34. The van der Waals surface area contributed by atoms with E-state index in [0.29, 0.717) is 17.1 Å². The van der Waals surface area contributed by atoms with E-state index >= 15 is 0 Å². The van der Waals surface area contributed by atoms with Gasteiger partial charge in [-0.1, -0.05) is 12.1 Å². The van der Waals surface area contributed by atoms with Crippen LogP contribution in [0, 0.1) is 10.1 Å². The Morgan fingerprint density at radius 2 is 2.00 bits per heavy atom. The van der Waals surface area contributed by atoms with Gasteiger partial charge in [0, 0.05) is 23.8 Å². The molecule has 0 amide bonds. The molecule has 0 aliphatic heterocycles. The normalized spacial score (nSPS) is 11.5. The van der Waals surface area contributed by atoms with Crippen LogP contribution < -0.4 is 5.73 Å². The lowest BCUT2D eigenvalue weighted by Gasteiger charge is -2.20. The van der Waals surface area contributed by atoms with Crippen molar-refractivity contribution in [1.82, 2.24) is 9.78 Å². The first-order valence-electron chi connectivity index (χ1n) is 5.90. The zero-order valence-corrected chi connectivity index (χ0v) is 11.1. The third-order valence-corrected chi connectivity index (χ3v) is 2.73. The minimum absolute atomic E-state index is 0.0429. The van der Waals surface area contributed by atoms with Crippen LogP contribution in [0.15, 0.2) is 30.3 Å². The van der Waals surface area contributed by atoms with Crippen molar-refractivity contribution in [2.24, 2.45) is 0 Å². The maximum absolute atomic E-state index is 10.8. The largest absolute Gasteiger partial charge is 0.384 e. The molecule has 6 heteroatoms. The molecule has 0 spiro atoms. The number of hydrogen-bond donors (Lipinski definition) is 1. The number of aromatic nitrogens is 2. The smallest absolute Gasteiger partial charge is 0.270 e. The minimum atomic E-state index is -0.423. The maximum atomic E-state index is 10.8. The van der Waals surface area contributed by atoms with Gasteiger partial charge < -0.3 is 5.73 Å². The molecular formula is C13H16N4O2. The first-order valence-corrected chi connectivity index (χ1v) is 5.90. The summed E-state index contributed by atoms with van der Waals surface area (Å²) in [5, 5.41) is 15.2. The van der Waals surface area contributed by atoms with E-state index in [2.05, 4.69) is 5.10 Å². The molecule has 0 radical (unpaired) electrons. The molecule has 1 aromatic carbocycles. The molecule has 0 unspecified atom stereocenters. The highest BCUT2D eigenvalue weighted by molar-refractivity contribution is 5.65. The molecule has 0 saturated carbocycles. The number of non-ortho nitro benzene ring substituents is 1. The van der Waals surface area contributed by atoms with Gasteiger partial charge >= 0.3 is 0 Å². The monoisotopic (exact) mass is 260 g/mol. The fourth-order valence-electron chi connectivity index (χ4n) is 1.85. The molecule has 2 rings (SSSR count). The van der Waals surface area contributed by atoms with Gasteiger partial charge in [0.2, 0.25) is 0 Å². The molecule has 19 heavy (non-hydrogen) atoms. The molecule has 0 aliphatic rings. The van der Waals surface area contributed by atoms with E-state index in [4.69, 9.17) is 5.73 Å². The van der Waals surface area contributed by atoms with Crippen molar-refractivity contribution in [3.8, 4) is 11.3 Å². The Balaban J connectivity index is 2.48. The third-order valence-electron chi connectivity index (χ3n) is 2.73. The molecule has 1 heterocycles. The second-order valence-corrected chi connectivity index (χ2v) is 5.34. The van der Waals surface area contributed by atoms with Gasteiger partial charge in [0.05, 0.1) is 16.2 Å². The van der Waals surface area contributed by atoms with Crippen LogP contribution in [0.5, 0.6) is 0 Å². The number of nitrogens with zero attached hydrogens (tertiary/aromatic N) is 3. The SMILES string of the molecule is CC(C)(C)n1nc(-c2cccc([N+](=O)[O-])c2)cc1N. The number of nitrogens with two attached hydrogens (primary N) is 1. The molecule has 100 valence electrons. The third kappa shape index (κ3) is 2.57. The summed E-state index contributed by atoms with van der Waals surface area (Å²) in [6.07, 6.45) is 0. The number of nitro benzene ring substituents is 1. The van der Waals surface area contributed by atoms with Gasteiger partial charge in [-0.2, -0.15) is 5.10 Å². The van der Waals surface area contributed by atoms with E-state index < -0.39 is 4.92 Å². The van der Waals surface area contributed by atoms with Gasteiger partial charge in [0.25, 0.3) is 5.69 Å². The van der Waals surface area contributed by atoms with Crippen LogP contribution in [0.4, 0.5) is 11.5 Å². The van der Waals surface area contributed by atoms with Crippen molar-refractivity contribution in [3.05, 3.63) is 40.4 Å². The number of rotatable bonds is 2. The van der Waals surface area contributed by atoms with Gasteiger partial charge in [-0.15, -0.1) is 0 Å². The van der Waals surface area contributed by atoms with E-state index in [1.807, 2.05) is 20.8 Å². The molecular weight excluding hydrogens is 244 g/mol. The molecule has 0 bridgehead atoms. The molecule has 2 N–H and O–H groups in total. The Hall–Kier alpha value is -2.37. The van der Waals surface area contributed by atoms with E-state index in [1.54, 1.807) is 22.9 Å². The van der Waals surface area contributed by atoms with Crippen LogP contribution in [0.1, 0.15) is 20.8 Å². The van der Waals surface area contributed by atoms with Crippen molar-refractivity contribution >= 4 is 11.5 Å². The summed E-state index contributed by atoms with van der Waals surface area (Å²) in [5.74, 6) is 0.536. The number of anilines is 1. The first-order chi connectivity index (χ1) is 8.79. The van der Waals surface area contributed by atoms with E-state index in [9.17, 15) is 10.1 Å². The fraction of sp³-hybridized carbons (Fsp3) is 0.308. The topological polar surface area (TPSA) is 87.0 Å². The molecule has 0 atom stereocenters. The number of nitrogen functional groups attached to an aromatic ring is 1. The highest BCUT2D eigenvalue weighted by Crippen LogP contribution is 2.27. The quantitative estimate of drug-likeness (QED) is 0.664. The zero-order valence-electron chi connectivity index (χ0n) is 11.1. The van der Waals surface area contributed by atoms with E-state index in [-0.39, 0.29) is 11.2 Å². The molecule has 1 aromatic heterocycles. The van der Waals surface area contributed by atoms with E-state index in [0.717, 1.165) is 0 Å². The lowest BCUT2D eigenvalue weighted by atomic mass is 10.1. The average Bonchev–Trinajstić information content (AvgIpc) is 2.71. The van der Waals surface area contributed by atoms with Crippen molar-refractivity contribution in [3.63, 3.8) is 0 Å². The Kier molecular flexibility index (Phi) is 3.01. The summed E-state index contributed by atoms with van der Waals surface area (Å²) in [7, 11) is 0. The predicted molar refractivity (Wildman–Crippen MR) is 73.7 cm³/mol. The standard InChI is InChI=1S/C13H16N4O2/c1-13(2,3)16-12(14)8-11(15-16)9-5-4-6-10(7-9)17(18)19/h4-8H,14H2,1-3H3. The van der Waals surface area contributed by atoms with Crippen LogP contribution in [-0.2, 0) is 5.54 Å². The highest BCUT2D eigenvalue weighted by atomic mass is 16.6. The number of nitro groups is 1. The summed E-state index contributed by atoms with van der Waals surface area (Å²) in [4.78, 5) is 10.3. The Morgan fingerprint density at radius 1 is 1.32 bits per heavy atom. The van der Waals surface area contributed by atoms with Crippen molar-refractivity contribution < 1.29 is 4.92 Å². The Bertz CT molecular complexity index is 626. The van der Waals surface area contributed by atoms with Gasteiger partial charge in [0.1, 0.15) is 5.82 Å². The van der Waals surface area contributed by atoms with Crippen LogP contribution >= 0.6 is 0 Å². The van der Waals surface area contributed by atoms with Crippen molar-refractivity contribution in [2.75, 3.05) is 5.73 Å². The summed E-state index contributed by atoms with van der Waals surface area (Å²) < 4.78 is 1.71. The minimum Gasteiger partial charge on any atom is -0.384 e. The summed E-state index contributed by atoms with van der Waals surface area (Å²) >= 11 is 0.